The minimum Gasteiger partial charge on any atom is -0.493 e. The van der Waals surface area contributed by atoms with Gasteiger partial charge in [0.2, 0.25) is 0 Å². The molecule has 0 aromatic heterocycles. The molecule has 2 rings (SSSR count). The van der Waals surface area contributed by atoms with Crippen LogP contribution in [0.25, 0.3) is 0 Å². The fourth-order valence-corrected chi connectivity index (χ4v) is 2.55. The minimum atomic E-state index is -1.48. The maximum Gasteiger partial charge on any atom is 0.279 e. The molecular weight excluding hydrogens is 338 g/mol. The Balaban J connectivity index is 2.55. The molecule has 8 heteroatoms. The highest BCUT2D eigenvalue weighted by atomic mass is 16.6. The summed E-state index contributed by atoms with van der Waals surface area (Å²) in [7, 11) is 2.70. The predicted octanol–water partition coefficient (Wildman–Crippen LogP) is 2.82. The van der Waals surface area contributed by atoms with Crippen LogP contribution in [0.4, 0.5) is 5.69 Å². The van der Waals surface area contributed by atoms with Gasteiger partial charge in [-0.2, -0.15) is 10.5 Å². The van der Waals surface area contributed by atoms with Gasteiger partial charge in [-0.25, -0.2) is 0 Å². The monoisotopic (exact) mass is 353 g/mol. The van der Waals surface area contributed by atoms with E-state index in [-0.39, 0.29) is 22.7 Å². The molecule has 2 atom stereocenters. The lowest BCUT2D eigenvalue weighted by atomic mass is 9.89. The number of benzene rings is 2. The fraction of sp³-hybridized carbons (Fsp3) is 0.222. The molecule has 0 bridgehead atoms. The summed E-state index contributed by atoms with van der Waals surface area (Å²) < 4.78 is 10.2. The fourth-order valence-electron chi connectivity index (χ4n) is 2.55. The zero-order valence-electron chi connectivity index (χ0n) is 14.0. The van der Waals surface area contributed by atoms with Crippen LogP contribution >= 0.6 is 0 Å². The largest absolute Gasteiger partial charge is 0.493 e. The molecule has 0 heterocycles. The van der Waals surface area contributed by atoms with Crippen molar-refractivity contribution in [3.8, 4) is 23.6 Å². The quantitative estimate of drug-likeness (QED) is 0.624. The van der Waals surface area contributed by atoms with Crippen molar-refractivity contribution in [2.75, 3.05) is 14.2 Å². The molecule has 0 fully saturated rings. The number of nitrogens with zero attached hydrogens (tertiary/aromatic N) is 3. The highest BCUT2D eigenvalue weighted by molar-refractivity contribution is 5.56. The Kier molecular flexibility index (Phi) is 5.74. The van der Waals surface area contributed by atoms with E-state index in [4.69, 9.17) is 14.7 Å². The number of ether oxygens (including phenoxy) is 2. The SMILES string of the molecule is COc1cc([C@@H](O)[C@H](C#N)c2ccc(C#N)cc2)c([N+](=O)[O-])cc1OC. The molecule has 0 unspecified atom stereocenters. The van der Waals surface area contributed by atoms with Crippen molar-refractivity contribution in [2.45, 2.75) is 12.0 Å². The number of hydrogen-bond acceptors (Lipinski definition) is 7. The zero-order valence-corrected chi connectivity index (χ0v) is 14.0. The summed E-state index contributed by atoms with van der Waals surface area (Å²) in [6.45, 7) is 0. The van der Waals surface area contributed by atoms with Crippen molar-refractivity contribution in [1.82, 2.24) is 0 Å². The van der Waals surface area contributed by atoms with Crippen LogP contribution in [0.5, 0.6) is 11.5 Å². The Bertz CT molecular complexity index is 897. The molecule has 1 N–H and O–H groups in total. The van der Waals surface area contributed by atoms with Crippen molar-refractivity contribution in [3.63, 3.8) is 0 Å². The van der Waals surface area contributed by atoms with E-state index in [0.29, 0.717) is 11.1 Å². The summed E-state index contributed by atoms with van der Waals surface area (Å²) in [5.41, 5.74) is 0.382. The molecule has 8 nitrogen and oxygen atoms in total. The second-order valence-electron chi connectivity index (χ2n) is 5.31. The minimum absolute atomic E-state index is 0.0661. The van der Waals surface area contributed by atoms with Gasteiger partial charge in [-0.3, -0.25) is 10.1 Å². The topological polar surface area (TPSA) is 129 Å². The lowest BCUT2D eigenvalue weighted by Crippen LogP contribution is -2.12. The highest BCUT2D eigenvalue weighted by Gasteiger charge is 2.31. The second-order valence-corrected chi connectivity index (χ2v) is 5.31. The first-order valence-electron chi connectivity index (χ1n) is 7.44. The van der Waals surface area contributed by atoms with Crippen LogP contribution in [0.3, 0.4) is 0 Å². The number of aliphatic hydroxyl groups is 1. The Morgan fingerprint density at radius 3 is 2.15 bits per heavy atom. The average Bonchev–Trinajstić information content (AvgIpc) is 2.67. The molecule has 26 heavy (non-hydrogen) atoms. The second kappa shape index (κ2) is 7.97. The number of nitro groups is 1. The van der Waals surface area contributed by atoms with Crippen LogP contribution in [0.1, 0.15) is 28.7 Å². The Morgan fingerprint density at radius 2 is 1.69 bits per heavy atom. The maximum atomic E-state index is 11.4. The first-order valence-corrected chi connectivity index (χ1v) is 7.44. The van der Waals surface area contributed by atoms with Gasteiger partial charge < -0.3 is 14.6 Å². The van der Waals surface area contributed by atoms with E-state index >= 15 is 0 Å². The maximum absolute atomic E-state index is 11.4. The number of methoxy groups -OCH3 is 2. The standard InChI is InChI=1S/C18H15N3O5/c1-25-16-7-13(15(21(23)24)8-17(16)26-2)18(22)14(10-20)12-5-3-11(9-19)4-6-12/h3-8,14,18,22H,1-2H3/t14-,18-/m1/s1. The van der Waals surface area contributed by atoms with Gasteiger partial charge in [0.05, 0.1) is 48.5 Å². The molecule has 0 saturated carbocycles. The van der Waals surface area contributed by atoms with E-state index < -0.39 is 16.9 Å². The normalized spacial score (nSPS) is 12.3. The Labute approximate surface area is 149 Å². The van der Waals surface area contributed by atoms with Gasteiger partial charge >= 0.3 is 0 Å². The molecule has 132 valence electrons. The van der Waals surface area contributed by atoms with Crippen LogP contribution in [0, 0.1) is 32.8 Å². The summed E-state index contributed by atoms with van der Waals surface area (Å²) in [6, 6.07) is 12.4. The molecule has 0 amide bonds. The van der Waals surface area contributed by atoms with Crippen molar-refractivity contribution in [2.24, 2.45) is 0 Å². The Hall–Kier alpha value is -3.62. The van der Waals surface area contributed by atoms with Gasteiger partial charge in [0.15, 0.2) is 11.5 Å². The Morgan fingerprint density at radius 1 is 1.12 bits per heavy atom. The van der Waals surface area contributed by atoms with E-state index in [1.54, 1.807) is 0 Å². The van der Waals surface area contributed by atoms with Gasteiger partial charge in [-0.1, -0.05) is 12.1 Å². The molecule has 0 spiro atoms. The van der Waals surface area contributed by atoms with Crippen LogP contribution in [-0.4, -0.2) is 24.2 Å². The number of nitriles is 2. The summed E-state index contributed by atoms with van der Waals surface area (Å²) in [5.74, 6) is -0.731. The summed E-state index contributed by atoms with van der Waals surface area (Å²) in [4.78, 5) is 10.7. The van der Waals surface area contributed by atoms with Gasteiger partial charge in [0.1, 0.15) is 12.0 Å². The highest BCUT2D eigenvalue weighted by Crippen LogP contribution is 2.41. The molecule has 0 aliphatic heterocycles. The van der Waals surface area contributed by atoms with Crippen molar-refractivity contribution in [1.29, 1.82) is 10.5 Å². The van der Waals surface area contributed by atoms with Crippen molar-refractivity contribution >= 4 is 5.69 Å². The summed E-state index contributed by atoms with van der Waals surface area (Å²) >= 11 is 0. The molecule has 0 aliphatic carbocycles. The first-order chi connectivity index (χ1) is 12.5. The van der Waals surface area contributed by atoms with E-state index in [0.717, 1.165) is 6.07 Å². The van der Waals surface area contributed by atoms with E-state index in [1.165, 1.54) is 44.6 Å². The third kappa shape index (κ3) is 3.56. The van der Waals surface area contributed by atoms with Gasteiger partial charge in [0.25, 0.3) is 5.69 Å². The van der Waals surface area contributed by atoms with Crippen molar-refractivity contribution in [3.05, 3.63) is 63.2 Å². The molecule has 0 saturated heterocycles. The number of hydrogen-bond donors (Lipinski definition) is 1. The van der Waals surface area contributed by atoms with Crippen molar-refractivity contribution < 1.29 is 19.5 Å². The first kappa shape index (κ1) is 18.7. The smallest absolute Gasteiger partial charge is 0.279 e. The average molecular weight is 353 g/mol. The van der Waals surface area contributed by atoms with E-state index in [1.807, 2.05) is 12.1 Å². The molecule has 2 aromatic carbocycles. The third-order valence-corrected chi connectivity index (χ3v) is 3.90. The third-order valence-electron chi connectivity index (χ3n) is 3.90. The van der Waals surface area contributed by atoms with Crippen LogP contribution in [-0.2, 0) is 0 Å². The van der Waals surface area contributed by atoms with Crippen LogP contribution in [0.2, 0.25) is 0 Å². The molecule has 0 aliphatic rings. The van der Waals surface area contributed by atoms with Crippen LogP contribution < -0.4 is 9.47 Å². The molecule has 2 aromatic rings. The summed E-state index contributed by atoms with van der Waals surface area (Å²) in [5, 5.41) is 40.4. The predicted molar refractivity (Wildman–Crippen MR) is 90.7 cm³/mol. The van der Waals surface area contributed by atoms with Gasteiger partial charge in [-0.05, 0) is 23.8 Å². The molecule has 0 radical (unpaired) electrons. The van der Waals surface area contributed by atoms with Crippen LogP contribution in [0.15, 0.2) is 36.4 Å². The van der Waals surface area contributed by atoms with E-state index in [9.17, 15) is 20.5 Å². The number of aliphatic hydroxyl groups excluding tert-OH is 1. The van der Waals surface area contributed by atoms with Gasteiger partial charge in [-0.15, -0.1) is 0 Å². The molecular formula is C18H15N3O5. The number of nitro benzene ring substituents is 1. The van der Waals surface area contributed by atoms with Gasteiger partial charge in [0, 0.05) is 0 Å². The van der Waals surface area contributed by atoms with E-state index in [2.05, 4.69) is 0 Å². The lowest BCUT2D eigenvalue weighted by Gasteiger charge is -2.19. The number of rotatable bonds is 6. The zero-order chi connectivity index (χ0) is 19.3. The summed E-state index contributed by atoms with van der Waals surface area (Å²) in [6.07, 6.45) is -1.48. The lowest BCUT2D eigenvalue weighted by molar-refractivity contribution is -0.386.